The van der Waals surface area contributed by atoms with Crippen molar-refractivity contribution in [3.63, 3.8) is 0 Å². The summed E-state index contributed by atoms with van der Waals surface area (Å²) >= 11 is 0. The standard InChI is InChI=1S/C19H23FN4O2/c1-11(18-12(2)22-23(4)13(18)3)21-19(26)14-8-17(25)24(10-14)16-7-5-6-15(20)9-16/h5-7,9,11,14H,8,10H2,1-4H3,(H,21,26)/t11-,14-/m0/s1. The van der Waals surface area contributed by atoms with Crippen LogP contribution < -0.4 is 10.2 Å². The van der Waals surface area contributed by atoms with Crippen LogP contribution in [0.15, 0.2) is 24.3 Å². The molecule has 0 radical (unpaired) electrons. The SMILES string of the molecule is Cc1nn(C)c(C)c1[C@H](C)NC(=O)[C@H]1CC(=O)N(c2cccc(F)c2)C1. The van der Waals surface area contributed by atoms with Gasteiger partial charge in [-0.1, -0.05) is 6.07 Å². The highest BCUT2D eigenvalue weighted by Gasteiger charge is 2.36. The Balaban J connectivity index is 1.70. The number of anilines is 1. The fourth-order valence-corrected chi connectivity index (χ4v) is 3.60. The number of amides is 2. The van der Waals surface area contributed by atoms with Crippen LogP contribution >= 0.6 is 0 Å². The van der Waals surface area contributed by atoms with E-state index < -0.39 is 11.7 Å². The van der Waals surface area contributed by atoms with Gasteiger partial charge >= 0.3 is 0 Å². The lowest BCUT2D eigenvalue weighted by molar-refractivity contribution is -0.126. The van der Waals surface area contributed by atoms with Crippen molar-refractivity contribution >= 4 is 17.5 Å². The van der Waals surface area contributed by atoms with Crippen molar-refractivity contribution in [1.82, 2.24) is 15.1 Å². The van der Waals surface area contributed by atoms with Gasteiger partial charge in [-0.25, -0.2) is 4.39 Å². The zero-order valence-corrected chi connectivity index (χ0v) is 15.4. The summed E-state index contributed by atoms with van der Waals surface area (Å²) in [6, 6.07) is 5.67. The number of nitrogens with one attached hydrogen (secondary N) is 1. The summed E-state index contributed by atoms with van der Waals surface area (Å²) in [4.78, 5) is 26.4. The van der Waals surface area contributed by atoms with Crippen LogP contribution in [0, 0.1) is 25.6 Å². The van der Waals surface area contributed by atoms with Crippen LogP contribution in [0.25, 0.3) is 0 Å². The number of carbonyl (C=O) groups excluding carboxylic acids is 2. The number of nitrogens with zero attached hydrogens (tertiary/aromatic N) is 3. The van der Waals surface area contributed by atoms with E-state index >= 15 is 0 Å². The van der Waals surface area contributed by atoms with Crippen LogP contribution in [0.3, 0.4) is 0 Å². The highest BCUT2D eigenvalue weighted by molar-refractivity contribution is 6.00. The maximum absolute atomic E-state index is 13.4. The van der Waals surface area contributed by atoms with E-state index in [1.165, 1.54) is 17.0 Å². The molecular formula is C19H23FN4O2. The molecule has 6 nitrogen and oxygen atoms in total. The summed E-state index contributed by atoms with van der Waals surface area (Å²) in [6.45, 7) is 6.04. The molecular weight excluding hydrogens is 335 g/mol. The largest absolute Gasteiger partial charge is 0.349 e. The second-order valence-electron chi connectivity index (χ2n) is 6.82. The van der Waals surface area contributed by atoms with Crippen LogP contribution in [0.4, 0.5) is 10.1 Å². The molecule has 1 aliphatic heterocycles. The third-order valence-electron chi connectivity index (χ3n) is 4.97. The van der Waals surface area contributed by atoms with Gasteiger partial charge in [-0.2, -0.15) is 5.10 Å². The maximum Gasteiger partial charge on any atom is 0.227 e. The number of carbonyl (C=O) groups is 2. The summed E-state index contributed by atoms with van der Waals surface area (Å²) in [5.74, 6) is -1.20. The van der Waals surface area contributed by atoms with Crippen LogP contribution in [-0.2, 0) is 16.6 Å². The van der Waals surface area contributed by atoms with Crippen LogP contribution in [0.2, 0.25) is 0 Å². The van der Waals surface area contributed by atoms with Crippen LogP contribution in [-0.4, -0.2) is 28.1 Å². The summed E-state index contributed by atoms with van der Waals surface area (Å²) < 4.78 is 15.2. The van der Waals surface area contributed by atoms with Crippen LogP contribution in [0.1, 0.15) is 36.3 Å². The van der Waals surface area contributed by atoms with E-state index in [4.69, 9.17) is 0 Å². The lowest BCUT2D eigenvalue weighted by atomic mass is 10.0. The third kappa shape index (κ3) is 3.34. The van der Waals surface area contributed by atoms with Crippen molar-refractivity contribution in [2.45, 2.75) is 33.2 Å². The molecule has 1 aromatic carbocycles. The minimum absolute atomic E-state index is 0.125. The van der Waals surface area contributed by atoms with E-state index in [1.54, 1.807) is 16.8 Å². The Morgan fingerprint density at radius 1 is 1.38 bits per heavy atom. The van der Waals surface area contributed by atoms with Gasteiger partial charge in [0.05, 0.1) is 17.7 Å². The predicted octanol–water partition coefficient (Wildman–Crippen LogP) is 2.41. The number of rotatable bonds is 4. The van der Waals surface area contributed by atoms with Gasteiger partial charge in [-0.05, 0) is 39.0 Å². The Hall–Kier alpha value is -2.70. The second kappa shape index (κ2) is 6.90. The van der Waals surface area contributed by atoms with Crippen molar-refractivity contribution in [1.29, 1.82) is 0 Å². The van der Waals surface area contributed by atoms with Crippen molar-refractivity contribution in [3.8, 4) is 0 Å². The molecule has 0 unspecified atom stereocenters. The van der Waals surface area contributed by atoms with E-state index in [0.717, 1.165) is 17.0 Å². The van der Waals surface area contributed by atoms with E-state index in [0.29, 0.717) is 5.69 Å². The van der Waals surface area contributed by atoms with Gasteiger partial charge in [0.15, 0.2) is 0 Å². The number of hydrogen-bond donors (Lipinski definition) is 1. The minimum atomic E-state index is -0.453. The van der Waals surface area contributed by atoms with Crippen LogP contribution in [0.5, 0.6) is 0 Å². The molecule has 2 heterocycles. The van der Waals surface area contributed by atoms with E-state index in [9.17, 15) is 14.0 Å². The average molecular weight is 358 g/mol. The molecule has 1 saturated heterocycles. The predicted molar refractivity (Wildman–Crippen MR) is 96.1 cm³/mol. The van der Waals surface area contributed by atoms with Crippen molar-refractivity contribution in [2.75, 3.05) is 11.4 Å². The summed E-state index contributed by atoms with van der Waals surface area (Å²) in [7, 11) is 1.87. The summed E-state index contributed by atoms with van der Waals surface area (Å²) in [6.07, 6.45) is 0.125. The Bertz CT molecular complexity index is 861. The Labute approximate surface area is 152 Å². The molecule has 7 heteroatoms. The minimum Gasteiger partial charge on any atom is -0.349 e. The first-order chi connectivity index (χ1) is 12.3. The summed E-state index contributed by atoms with van der Waals surface area (Å²) in [5.41, 5.74) is 3.35. The molecule has 138 valence electrons. The normalized spacial score (nSPS) is 18.3. The van der Waals surface area contributed by atoms with Gasteiger partial charge in [0.25, 0.3) is 0 Å². The van der Waals surface area contributed by atoms with Crippen molar-refractivity contribution < 1.29 is 14.0 Å². The first-order valence-electron chi connectivity index (χ1n) is 8.64. The molecule has 2 aromatic rings. The van der Waals surface area contributed by atoms with E-state index in [2.05, 4.69) is 10.4 Å². The zero-order valence-electron chi connectivity index (χ0n) is 15.4. The molecule has 2 atom stereocenters. The molecule has 0 spiro atoms. The number of halogens is 1. The highest BCUT2D eigenvalue weighted by atomic mass is 19.1. The number of aromatic nitrogens is 2. The molecule has 0 aliphatic carbocycles. The topological polar surface area (TPSA) is 67.2 Å². The van der Waals surface area contributed by atoms with Gasteiger partial charge in [0.2, 0.25) is 11.8 Å². The Kier molecular flexibility index (Phi) is 4.80. The molecule has 26 heavy (non-hydrogen) atoms. The average Bonchev–Trinajstić information content (AvgIpc) is 3.07. The van der Waals surface area contributed by atoms with Gasteiger partial charge in [-0.3, -0.25) is 14.3 Å². The van der Waals surface area contributed by atoms with Crippen molar-refractivity contribution in [3.05, 3.63) is 47.0 Å². The van der Waals surface area contributed by atoms with E-state index in [1.807, 2.05) is 27.8 Å². The first-order valence-corrected chi connectivity index (χ1v) is 8.64. The first kappa shape index (κ1) is 18.1. The van der Waals surface area contributed by atoms with E-state index in [-0.39, 0.29) is 30.8 Å². The Morgan fingerprint density at radius 2 is 2.12 bits per heavy atom. The van der Waals surface area contributed by atoms with Gasteiger partial charge in [0, 0.05) is 37.0 Å². The van der Waals surface area contributed by atoms with Crippen molar-refractivity contribution in [2.24, 2.45) is 13.0 Å². The lowest BCUT2D eigenvalue weighted by Gasteiger charge is -2.19. The molecule has 0 bridgehead atoms. The summed E-state index contributed by atoms with van der Waals surface area (Å²) in [5, 5.41) is 7.37. The van der Waals surface area contributed by atoms with Gasteiger partial charge < -0.3 is 10.2 Å². The molecule has 1 aromatic heterocycles. The second-order valence-corrected chi connectivity index (χ2v) is 6.82. The quantitative estimate of drug-likeness (QED) is 0.913. The maximum atomic E-state index is 13.4. The van der Waals surface area contributed by atoms with Gasteiger partial charge in [-0.15, -0.1) is 0 Å². The smallest absolute Gasteiger partial charge is 0.227 e. The molecule has 2 amide bonds. The highest BCUT2D eigenvalue weighted by Crippen LogP contribution is 2.27. The molecule has 3 rings (SSSR count). The number of benzene rings is 1. The third-order valence-corrected chi connectivity index (χ3v) is 4.97. The molecule has 1 N–H and O–H groups in total. The Morgan fingerprint density at radius 3 is 2.73 bits per heavy atom. The fraction of sp³-hybridized carbons (Fsp3) is 0.421. The zero-order chi connectivity index (χ0) is 19.0. The fourth-order valence-electron chi connectivity index (χ4n) is 3.60. The lowest BCUT2D eigenvalue weighted by Crippen LogP contribution is -2.35. The monoisotopic (exact) mass is 358 g/mol. The number of aryl methyl sites for hydroxylation is 2. The number of hydrogen-bond acceptors (Lipinski definition) is 3. The molecule has 1 fully saturated rings. The molecule has 1 aliphatic rings. The van der Waals surface area contributed by atoms with Gasteiger partial charge in [0.1, 0.15) is 5.82 Å². The molecule has 0 saturated carbocycles.